The summed E-state index contributed by atoms with van der Waals surface area (Å²) in [5.41, 5.74) is 1.64. The molecule has 0 aliphatic carbocycles. The summed E-state index contributed by atoms with van der Waals surface area (Å²) in [6, 6.07) is 23.7. The van der Waals surface area contributed by atoms with Crippen LogP contribution in [0.25, 0.3) is 0 Å². The highest BCUT2D eigenvalue weighted by Gasteiger charge is 2.18. The molecule has 3 N–H and O–H groups in total. The standard InChI is InChI=1S/C26H27N3O4/c30-25(29-23-14-6-7-15-24(23)33-19-9-2-1-3-10-19)18-27-22-13-5-4-12-21(22)26(31)28-17-20-11-8-16-32-20/h1-7,9-10,12-15,20,27H,8,11,16-18H2,(H,28,31)(H,29,30)/t20-/m1/s1. The van der Waals surface area contributed by atoms with E-state index in [1.165, 1.54) is 0 Å². The molecule has 4 rings (SSSR count). The third-order valence-electron chi connectivity index (χ3n) is 5.26. The summed E-state index contributed by atoms with van der Waals surface area (Å²) in [6.07, 6.45) is 2.04. The number of ether oxygens (including phenoxy) is 2. The number of benzene rings is 3. The molecule has 0 aromatic heterocycles. The lowest BCUT2D eigenvalue weighted by atomic mass is 10.1. The number of hydrogen-bond donors (Lipinski definition) is 3. The smallest absolute Gasteiger partial charge is 0.253 e. The molecule has 1 aliphatic rings. The minimum atomic E-state index is -0.256. The van der Waals surface area contributed by atoms with Crippen LogP contribution >= 0.6 is 0 Å². The second kappa shape index (κ2) is 11.2. The number of rotatable bonds is 9. The maximum absolute atomic E-state index is 12.7. The van der Waals surface area contributed by atoms with Crippen molar-refractivity contribution in [1.29, 1.82) is 0 Å². The Morgan fingerprint density at radius 3 is 2.42 bits per heavy atom. The summed E-state index contributed by atoms with van der Waals surface area (Å²) in [7, 11) is 0. The van der Waals surface area contributed by atoms with Crippen LogP contribution in [0.4, 0.5) is 11.4 Å². The van der Waals surface area contributed by atoms with Crippen molar-refractivity contribution in [2.45, 2.75) is 18.9 Å². The maximum atomic E-state index is 12.7. The fraction of sp³-hybridized carbons (Fsp3) is 0.231. The number of para-hydroxylation sites is 4. The molecule has 7 nitrogen and oxygen atoms in total. The van der Waals surface area contributed by atoms with Gasteiger partial charge in [-0.05, 0) is 49.2 Å². The van der Waals surface area contributed by atoms with Gasteiger partial charge in [0, 0.05) is 18.8 Å². The molecule has 3 aromatic rings. The molecule has 0 spiro atoms. The highest BCUT2D eigenvalue weighted by atomic mass is 16.5. The zero-order valence-electron chi connectivity index (χ0n) is 18.3. The molecule has 0 saturated carbocycles. The van der Waals surface area contributed by atoms with Gasteiger partial charge in [-0.25, -0.2) is 0 Å². The summed E-state index contributed by atoms with van der Waals surface area (Å²) >= 11 is 0. The molecule has 0 unspecified atom stereocenters. The lowest BCUT2D eigenvalue weighted by Gasteiger charge is -2.15. The Bertz CT molecular complexity index is 1080. The zero-order chi connectivity index (χ0) is 22.9. The van der Waals surface area contributed by atoms with E-state index >= 15 is 0 Å². The van der Waals surface area contributed by atoms with Crippen LogP contribution in [0.5, 0.6) is 11.5 Å². The van der Waals surface area contributed by atoms with Gasteiger partial charge in [0.2, 0.25) is 5.91 Å². The van der Waals surface area contributed by atoms with E-state index in [1.807, 2.05) is 48.5 Å². The SMILES string of the molecule is O=C(CNc1ccccc1C(=O)NC[C@H]1CCCO1)Nc1ccccc1Oc1ccccc1. The van der Waals surface area contributed by atoms with Gasteiger partial charge < -0.3 is 25.4 Å². The van der Waals surface area contributed by atoms with Gasteiger partial charge in [-0.1, -0.05) is 42.5 Å². The minimum Gasteiger partial charge on any atom is -0.455 e. The monoisotopic (exact) mass is 445 g/mol. The van der Waals surface area contributed by atoms with Crippen LogP contribution in [0, 0.1) is 0 Å². The molecule has 33 heavy (non-hydrogen) atoms. The van der Waals surface area contributed by atoms with Crippen LogP contribution in [-0.2, 0) is 9.53 Å². The molecular formula is C26H27N3O4. The molecule has 0 radical (unpaired) electrons. The van der Waals surface area contributed by atoms with Crippen LogP contribution in [0.3, 0.4) is 0 Å². The predicted molar refractivity (Wildman–Crippen MR) is 128 cm³/mol. The molecule has 1 fully saturated rings. The Morgan fingerprint density at radius 2 is 1.64 bits per heavy atom. The van der Waals surface area contributed by atoms with Crippen LogP contribution in [-0.4, -0.2) is 37.6 Å². The van der Waals surface area contributed by atoms with E-state index in [1.54, 1.807) is 30.3 Å². The molecule has 1 heterocycles. The Kier molecular flexibility index (Phi) is 7.56. The number of anilines is 2. The summed E-state index contributed by atoms with van der Waals surface area (Å²) in [5, 5.41) is 8.85. The first-order valence-electron chi connectivity index (χ1n) is 11.0. The summed E-state index contributed by atoms with van der Waals surface area (Å²) in [5.74, 6) is 0.774. The van der Waals surface area contributed by atoms with E-state index in [0.29, 0.717) is 35.0 Å². The van der Waals surface area contributed by atoms with Crippen molar-refractivity contribution in [2.75, 3.05) is 30.3 Å². The average molecular weight is 446 g/mol. The zero-order valence-corrected chi connectivity index (χ0v) is 18.3. The van der Waals surface area contributed by atoms with E-state index < -0.39 is 0 Å². The number of amides is 2. The molecular weight excluding hydrogens is 418 g/mol. The molecule has 0 bridgehead atoms. The first kappa shape index (κ1) is 22.4. The van der Waals surface area contributed by atoms with Crippen molar-refractivity contribution in [3.63, 3.8) is 0 Å². The first-order chi connectivity index (χ1) is 16.2. The lowest BCUT2D eigenvalue weighted by Crippen LogP contribution is -2.32. The van der Waals surface area contributed by atoms with Gasteiger partial charge in [-0.2, -0.15) is 0 Å². The van der Waals surface area contributed by atoms with Crippen LogP contribution in [0.15, 0.2) is 78.9 Å². The average Bonchev–Trinajstić information content (AvgIpc) is 3.37. The van der Waals surface area contributed by atoms with Crippen molar-refractivity contribution in [1.82, 2.24) is 5.32 Å². The van der Waals surface area contributed by atoms with Crippen LogP contribution in [0.2, 0.25) is 0 Å². The van der Waals surface area contributed by atoms with Crippen molar-refractivity contribution in [2.24, 2.45) is 0 Å². The largest absolute Gasteiger partial charge is 0.455 e. The summed E-state index contributed by atoms with van der Waals surface area (Å²) in [4.78, 5) is 25.3. The van der Waals surface area contributed by atoms with E-state index in [2.05, 4.69) is 16.0 Å². The number of nitrogens with one attached hydrogen (secondary N) is 3. The van der Waals surface area contributed by atoms with Gasteiger partial charge in [-0.3, -0.25) is 9.59 Å². The lowest BCUT2D eigenvalue weighted by molar-refractivity contribution is -0.114. The second-order valence-corrected chi connectivity index (χ2v) is 7.70. The van der Waals surface area contributed by atoms with Crippen LogP contribution in [0.1, 0.15) is 23.2 Å². The van der Waals surface area contributed by atoms with Gasteiger partial charge in [0.15, 0.2) is 5.75 Å². The molecule has 170 valence electrons. The highest BCUT2D eigenvalue weighted by Crippen LogP contribution is 2.29. The quantitative estimate of drug-likeness (QED) is 0.453. The van der Waals surface area contributed by atoms with Gasteiger partial charge in [0.05, 0.1) is 23.9 Å². The summed E-state index contributed by atoms with van der Waals surface area (Å²) < 4.78 is 11.5. The van der Waals surface area contributed by atoms with Crippen LogP contribution < -0.4 is 20.7 Å². The maximum Gasteiger partial charge on any atom is 0.253 e. The normalized spacial score (nSPS) is 15.0. The highest BCUT2D eigenvalue weighted by molar-refractivity contribution is 6.01. The molecule has 1 atom stereocenters. The van der Waals surface area contributed by atoms with E-state index in [4.69, 9.17) is 9.47 Å². The number of carbonyl (C=O) groups is 2. The first-order valence-corrected chi connectivity index (χ1v) is 11.0. The predicted octanol–water partition coefficient (Wildman–Crippen LogP) is 4.44. The van der Waals surface area contributed by atoms with E-state index in [9.17, 15) is 9.59 Å². The van der Waals surface area contributed by atoms with Crippen molar-refractivity contribution in [3.8, 4) is 11.5 Å². The molecule has 7 heteroatoms. The second-order valence-electron chi connectivity index (χ2n) is 7.70. The van der Waals surface area contributed by atoms with Gasteiger partial charge in [0.25, 0.3) is 5.91 Å². The fourth-order valence-corrected chi connectivity index (χ4v) is 3.59. The Morgan fingerprint density at radius 1 is 0.909 bits per heavy atom. The van der Waals surface area contributed by atoms with Crippen molar-refractivity contribution < 1.29 is 19.1 Å². The number of carbonyl (C=O) groups excluding carboxylic acids is 2. The van der Waals surface area contributed by atoms with Crippen molar-refractivity contribution in [3.05, 3.63) is 84.4 Å². The van der Waals surface area contributed by atoms with Gasteiger partial charge in [0.1, 0.15) is 5.75 Å². The third-order valence-corrected chi connectivity index (χ3v) is 5.26. The van der Waals surface area contributed by atoms with Crippen molar-refractivity contribution >= 4 is 23.2 Å². The molecule has 2 amide bonds. The molecule has 1 aliphatic heterocycles. The molecule has 1 saturated heterocycles. The van der Waals surface area contributed by atoms with E-state index in [0.717, 1.165) is 19.4 Å². The Labute approximate surface area is 193 Å². The topological polar surface area (TPSA) is 88.7 Å². The van der Waals surface area contributed by atoms with Gasteiger partial charge >= 0.3 is 0 Å². The van der Waals surface area contributed by atoms with Gasteiger partial charge in [-0.15, -0.1) is 0 Å². The summed E-state index contributed by atoms with van der Waals surface area (Å²) in [6.45, 7) is 1.22. The minimum absolute atomic E-state index is 0.00427. The number of hydrogen-bond acceptors (Lipinski definition) is 5. The fourth-order valence-electron chi connectivity index (χ4n) is 3.59. The molecule has 3 aromatic carbocycles. The Hall–Kier alpha value is -3.84. The Balaban J connectivity index is 1.35. The third kappa shape index (κ3) is 6.33. The van der Waals surface area contributed by atoms with E-state index in [-0.39, 0.29) is 24.5 Å².